The molecule has 116 valence electrons. The molecule has 0 aliphatic heterocycles. The number of amides is 1. The van der Waals surface area contributed by atoms with Crippen molar-refractivity contribution in [2.24, 2.45) is 0 Å². The molecule has 4 nitrogen and oxygen atoms in total. The van der Waals surface area contributed by atoms with Crippen LogP contribution in [0, 0.1) is 0 Å². The number of ether oxygens (including phenoxy) is 1. The molecule has 1 aromatic rings. The lowest BCUT2D eigenvalue weighted by molar-refractivity contribution is 0.0935. The van der Waals surface area contributed by atoms with Crippen LogP contribution in [0.5, 0.6) is 5.75 Å². The molecule has 0 bridgehead atoms. The summed E-state index contributed by atoms with van der Waals surface area (Å²) in [4.78, 5) is 12.2. The molecule has 0 radical (unpaired) electrons. The lowest BCUT2D eigenvalue weighted by Gasteiger charge is -2.15. The average molecular weight is 291 g/mol. The summed E-state index contributed by atoms with van der Waals surface area (Å²) in [5.74, 6) is 0.690. The number of carbonyl (C=O) groups is 1. The molecule has 0 saturated heterocycles. The van der Waals surface area contributed by atoms with E-state index >= 15 is 0 Å². The molecule has 1 amide bonds. The van der Waals surface area contributed by atoms with E-state index in [0.29, 0.717) is 18.1 Å². The molecule has 1 atom stereocenters. The molecule has 0 heterocycles. The lowest BCUT2D eigenvalue weighted by atomic mass is 10.1. The highest BCUT2D eigenvalue weighted by atomic mass is 16.5. The lowest BCUT2D eigenvalue weighted by Crippen LogP contribution is -2.32. The summed E-state index contributed by atoms with van der Waals surface area (Å²) in [6, 6.07) is 7.44. The van der Waals surface area contributed by atoms with Crippen LogP contribution in [-0.2, 0) is 0 Å². The predicted molar refractivity (Wildman–Crippen MR) is 82.6 cm³/mol. The van der Waals surface area contributed by atoms with Gasteiger partial charge in [-0.1, -0.05) is 6.07 Å². The summed E-state index contributed by atoms with van der Waals surface area (Å²) < 4.78 is 5.92. The average Bonchev–Trinajstić information content (AvgIpc) is 2.98. The van der Waals surface area contributed by atoms with Crippen LogP contribution >= 0.6 is 0 Å². The summed E-state index contributed by atoms with van der Waals surface area (Å²) >= 11 is 0. The van der Waals surface area contributed by atoms with Gasteiger partial charge in [0.1, 0.15) is 5.75 Å². The molecule has 1 aliphatic rings. The summed E-state index contributed by atoms with van der Waals surface area (Å²) in [6.07, 6.45) is 6.45. The van der Waals surface area contributed by atoms with E-state index < -0.39 is 0 Å². The van der Waals surface area contributed by atoms with E-state index in [9.17, 15) is 4.79 Å². The second kappa shape index (κ2) is 8.03. The summed E-state index contributed by atoms with van der Waals surface area (Å²) in [6.45, 7) is 2.11. The number of carbonyl (C=O) groups excluding carboxylic acids is 1. The van der Waals surface area contributed by atoms with Gasteiger partial charge in [0.15, 0.2) is 0 Å². The Balaban J connectivity index is 1.91. The van der Waals surface area contributed by atoms with Crippen molar-refractivity contribution in [2.45, 2.75) is 57.6 Å². The van der Waals surface area contributed by atoms with Gasteiger partial charge in [-0.05, 0) is 63.6 Å². The second-order valence-electron chi connectivity index (χ2n) is 5.79. The monoisotopic (exact) mass is 291 g/mol. The first-order chi connectivity index (χ1) is 10.2. The van der Waals surface area contributed by atoms with Crippen LogP contribution in [0.3, 0.4) is 0 Å². The summed E-state index contributed by atoms with van der Waals surface area (Å²) in [5, 5.41) is 11.8. The topological polar surface area (TPSA) is 58.6 Å². The van der Waals surface area contributed by atoms with Crippen LogP contribution in [0.2, 0.25) is 0 Å². The van der Waals surface area contributed by atoms with Crippen molar-refractivity contribution < 1.29 is 14.6 Å². The number of aliphatic hydroxyl groups is 1. The van der Waals surface area contributed by atoms with Gasteiger partial charge in [-0.15, -0.1) is 0 Å². The molecule has 1 saturated carbocycles. The number of hydrogen-bond donors (Lipinski definition) is 2. The maximum atomic E-state index is 12.2. The van der Waals surface area contributed by atoms with Crippen molar-refractivity contribution in [1.29, 1.82) is 0 Å². The first kappa shape index (κ1) is 15.8. The number of benzene rings is 1. The minimum absolute atomic E-state index is 0.0593. The van der Waals surface area contributed by atoms with E-state index in [1.165, 1.54) is 12.8 Å². The van der Waals surface area contributed by atoms with E-state index in [0.717, 1.165) is 25.0 Å². The zero-order valence-corrected chi connectivity index (χ0v) is 12.7. The number of nitrogens with one attached hydrogen (secondary N) is 1. The minimum Gasteiger partial charge on any atom is -0.490 e. The molecule has 1 aliphatic carbocycles. The van der Waals surface area contributed by atoms with E-state index in [1.807, 2.05) is 25.1 Å². The molecule has 4 heteroatoms. The Bertz CT molecular complexity index is 455. The van der Waals surface area contributed by atoms with Crippen LogP contribution in [0.25, 0.3) is 0 Å². The number of aliphatic hydroxyl groups excluding tert-OH is 1. The van der Waals surface area contributed by atoms with E-state index in [2.05, 4.69) is 5.32 Å². The largest absolute Gasteiger partial charge is 0.490 e. The molecular weight excluding hydrogens is 266 g/mol. The number of hydrogen-bond acceptors (Lipinski definition) is 3. The van der Waals surface area contributed by atoms with E-state index in [4.69, 9.17) is 9.84 Å². The minimum atomic E-state index is -0.0858. The van der Waals surface area contributed by atoms with Crippen molar-refractivity contribution in [3.8, 4) is 5.75 Å². The van der Waals surface area contributed by atoms with Gasteiger partial charge in [0, 0.05) is 18.2 Å². The van der Waals surface area contributed by atoms with Gasteiger partial charge in [0.05, 0.1) is 6.10 Å². The molecule has 1 aromatic carbocycles. The molecule has 1 unspecified atom stereocenters. The smallest absolute Gasteiger partial charge is 0.251 e. The van der Waals surface area contributed by atoms with Gasteiger partial charge >= 0.3 is 0 Å². The van der Waals surface area contributed by atoms with Gasteiger partial charge in [-0.2, -0.15) is 0 Å². The molecule has 0 aromatic heterocycles. The molecule has 2 N–H and O–H groups in total. The SMILES string of the molecule is CC(CCCO)NC(=O)c1cccc(OC2CCCC2)c1. The highest BCUT2D eigenvalue weighted by Crippen LogP contribution is 2.24. The van der Waals surface area contributed by atoms with Gasteiger partial charge < -0.3 is 15.2 Å². The Morgan fingerprint density at radius 1 is 1.43 bits per heavy atom. The van der Waals surface area contributed by atoms with Crippen molar-refractivity contribution in [1.82, 2.24) is 5.32 Å². The van der Waals surface area contributed by atoms with Crippen LogP contribution in [0.15, 0.2) is 24.3 Å². The Morgan fingerprint density at radius 3 is 2.90 bits per heavy atom. The van der Waals surface area contributed by atoms with Crippen LogP contribution in [0.4, 0.5) is 0 Å². The van der Waals surface area contributed by atoms with Crippen molar-refractivity contribution in [3.05, 3.63) is 29.8 Å². The van der Waals surface area contributed by atoms with E-state index in [1.54, 1.807) is 6.07 Å². The zero-order chi connectivity index (χ0) is 15.1. The Hall–Kier alpha value is -1.55. The first-order valence-corrected chi connectivity index (χ1v) is 7.87. The van der Waals surface area contributed by atoms with Crippen LogP contribution < -0.4 is 10.1 Å². The van der Waals surface area contributed by atoms with Crippen LogP contribution in [-0.4, -0.2) is 29.8 Å². The molecule has 1 fully saturated rings. The summed E-state index contributed by atoms with van der Waals surface area (Å²) in [5.41, 5.74) is 0.626. The molecule has 0 spiro atoms. The summed E-state index contributed by atoms with van der Waals surface area (Å²) in [7, 11) is 0. The fourth-order valence-corrected chi connectivity index (χ4v) is 2.69. The van der Waals surface area contributed by atoms with E-state index in [-0.39, 0.29) is 18.6 Å². The number of rotatable bonds is 7. The third-order valence-corrected chi connectivity index (χ3v) is 3.87. The van der Waals surface area contributed by atoms with Gasteiger partial charge in [-0.3, -0.25) is 4.79 Å². The fourth-order valence-electron chi connectivity index (χ4n) is 2.69. The Morgan fingerprint density at radius 2 is 2.19 bits per heavy atom. The highest BCUT2D eigenvalue weighted by molar-refractivity contribution is 5.94. The normalized spacial score (nSPS) is 16.7. The third kappa shape index (κ3) is 5.05. The van der Waals surface area contributed by atoms with Crippen molar-refractivity contribution >= 4 is 5.91 Å². The Labute approximate surface area is 126 Å². The second-order valence-corrected chi connectivity index (χ2v) is 5.79. The molecular formula is C17H25NO3. The maximum Gasteiger partial charge on any atom is 0.251 e. The standard InChI is InChI=1S/C17H25NO3/c1-13(6-5-11-19)18-17(20)14-7-4-10-16(12-14)21-15-8-2-3-9-15/h4,7,10,12-13,15,19H,2-3,5-6,8-9,11H2,1H3,(H,18,20). The highest BCUT2D eigenvalue weighted by Gasteiger charge is 2.17. The molecule has 21 heavy (non-hydrogen) atoms. The maximum absolute atomic E-state index is 12.2. The third-order valence-electron chi connectivity index (χ3n) is 3.87. The molecule has 2 rings (SSSR count). The quantitative estimate of drug-likeness (QED) is 0.812. The van der Waals surface area contributed by atoms with Gasteiger partial charge in [0.25, 0.3) is 5.91 Å². The van der Waals surface area contributed by atoms with Gasteiger partial charge in [0.2, 0.25) is 0 Å². The Kier molecular flexibility index (Phi) is 6.05. The fraction of sp³-hybridized carbons (Fsp3) is 0.588. The van der Waals surface area contributed by atoms with Crippen molar-refractivity contribution in [3.63, 3.8) is 0 Å². The van der Waals surface area contributed by atoms with Crippen molar-refractivity contribution in [2.75, 3.05) is 6.61 Å². The van der Waals surface area contributed by atoms with Crippen LogP contribution in [0.1, 0.15) is 55.8 Å². The van der Waals surface area contributed by atoms with Gasteiger partial charge in [-0.25, -0.2) is 0 Å². The first-order valence-electron chi connectivity index (χ1n) is 7.87. The predicted octanol–water partition coefficient (Wildman–Crippen LogP) is 2.90. The zero-order valence-electron chi connectivity index (χ0n) is 12.7.